The third-order valence-electron chi connectivity index (χ3n) is 1.02. The van der Waals surface area contributed by atoms with Gasteiger partial charge in [0.05, 0.1) is 0 Å². The van der Waals surface area contributed by atoms with Gasteiger partial charge in [0.15, 0.2) is 0 Å². The molecule has 0 aliphatic carbocycles. The molecule has 0 atom stereocenters. The van der Waals surface area contributed by atoms with Crippen LogP contribution in [0.4, 0.5) is 0 Å². The van der Waals surface area contributed by atoms with Gasteiger partial charge in [-0.2, -0.15) is 0 Å². The van der Waals surface area contributed by atoms with Crippen LogP contribution < -0.4 is 28.1 Å². The van der Waals surface area contributed by atoms with Crippen LogP contribution in [-0.2, 0) is 4.74 Å². The second-order valence-corrected chi connectivity index (χ2v) is 7.46. The molecule has 10 heavy (non-hydrogen) atoms. The van der Waals surface area contributed by atoms with Gasteiger partial charge < -0.3 is 0 Å². The first-order chi connectivity index (χ1) is 4.62. The van der Waals surface area contributed by atoms with Crippen molar-refractivity contribution in [1.29, 1.82) is 0 Å². The number of halogens is 2. The van der Waals surface area contributed by atoms with E-state index in [0.717, 1.165) is 4.55 Å². The molecule has 0 amide bonds. The first-order valence-electron chi connectivity index (χ1n) is 2.88. The van der Waals surface area contributed by atoms with Crippen LogP contribution in [0, 0.1) is 0 Å². The van der Waals surface area contributed by atoms with Crippen LogP contribution >= 0.6 is 18.6 Å². The molecule has 64 valence electrons. The standard InChI is InChI=1S/C5H13I2N2O/c1-5(2,10-3)9-8-4-7-6/h8-9H,4H2,1-3H3/q-1. The Morgan fingerprint density at radius 2 is 2.20 bits per heavy atom. The molecule has 0 radical (unpaired) electrons. The van der Waals surface area contributed by atoms with Crippen molar-refractivity contribution in [3.63, 3.8) is 0 Å². The summed E-state index contributed by atoms with van der Waals surface area (Å²) in [5.74, 6) is 0. The number of hydrogen-bond donors (Lipinski definition) is 2. The Morgan fingerprint density at radius 1 is 1.60 bits per heavy atom. The Bertz CT molecular complexity index is 89.7. The Kier molecular flexibility index (Phi) is 6.72. The maximum atomic E-state index is 5.12. The van der Waals surface area contributed by atoms with Crippen molar-refractivity contribution in [2.45, 2.75) is 19.6 Å². The first kappa shape index (κ1) is 11.3. The second kappa shape index (κ2) is 5.92. The monoisotopic (exact) mass is 371 g/mol. The second-order valence-electron chi connectivity index (χ2n) is 2.25. The number of nitrogens with one attached hydrogen (secondary N) is 2. The summed E-state index contributed by atoms with van der Waals surface area (Å²) >= 11 is 2.71. The van der Waals surface area contributed by atoms with Gasteiger partial charge in [0, 0.05) is 0 Å². The van der Waals surface area contributed by atoms with E-state index in [1.54, 1.807) is 7.11 Å². The minimum absolute atomic E-state index is 0.254. The number of alkyl halides is 1. The summed E-state index contributed by atoms with van der Waals surface area (Å²) in [4.78, 5) is 0. The molecule has 0 fully saturated rings. The van der Waals surface area contributed by atoms with Gasteiger partial charge in [-0.25, -0.2) is 0 Å². The molecule has 0 aromatic carbocycles. The van der Waals surface area contributed by atoms with E-state index in [0.29, 0.717) is 0 Å². The molecule has 3 nitrogen and oxygen atoms in total. The number of hydrogen-bond acceptors (Lipinski definition) is 3. The molecule has 0 aliphatic rings. The Labute approximate surface area is 82.1 Å². The molecule has 0 aromatic rings. The number of hydrazine groups is 1. The van der Waals surface area contributed by atoms with E-state index in [1.807, 2.05) is 13.8 Å². The average Bonchev–Trinajstić information content (AvgIpc) is 1.89. The number of methoxy groups -OCH3 is 1. The summed E-state index contributed by atoms with van der Waals surface area (Å²) in [5.41, 5.74) is 5.90. The molecular weight excluding hydrogens is 358 g/mol. The fourth-order valence-electron chi connectivity index (χ4n) is 0.323. The van der Waals surface area contributed by atoms with Crippen LogP contribution in [0.3, 0.4) is 0 Å². The van der Waals surface area contributed by atoms with Gasteiger partial charge in [-0.15, -0.1) is 0 Å². The maximum absolute atomic E-state index is 5.12. The van der Waals surface area contributed by atoms with Crippen molar-refractivity contribution in [2.75, 3.05) is 11.7 Å². The van der Waals surface area contributed by atoms with Gasteiger partial charge >= 0.3 is 82.7 Å². The molecule has 5 heteroatoms. The van der Waals surface area contributed by atoms with Gasteiger partial charge in [-0.3, -0.25) is 0 Å². The van der Waals surface area contributed by atoms with Crippen LogP contribution in [-0.4, -0.2) is 17.4 Å². The molecule has 0 aromatic heterocycles. The molecule has 0 aliphatic heterocycles. The molecule has 2 N–H and O–H groups in total. The van der Waals surface area contributed by atoms with Gasteiger partial charge in [0.1, 0.15) is 0 Å². The summed E-state index contributed by atoms with van der Waals surface area (Å²) < 4.78 is 6.18. The van der Waals surface area contributed by atoms with Crippen LogP contribution in [0.25, 0.3) is 0 Å². The first-order valence-corrected chi connectivity index (χ1v) is 10.7. The van der Waals surface area contributed by atoms with Crippen molar-refractivity contribution < 1.29 is 22.0 Å². The van der Waals surface area contributed by atoms with Gasteiger partial charge in [-0.1, -0.05) is 0 Å². The summed E-state index contributed by atoms with van der Waals surface area (Å²) in [7, 11) is 1.69. The minimum atomic E-state index is -0.254. The van der Waals surface area contributed by atoms with Gasteiger partial charge in [0.25, 0.3) is 0 Å². The summed E-state index contributed by atoms with van der Waals surface area (Å²) in [6.45, 7) is 3.96. The fourth-order valence-corrected chi connectivity index (χ4v) is 1.62. The molecule has 0 heterocycles. The van der Waals surface area contributed by atoms with Crippen molar-refractivity contribution in [1.82, 2.24) is 10.9 Å². The molecule has 0 bridgehead atoms. The van der Waals surface area contributed by atoms with E-state index < -0.39 is 0 Å². The summed E-state index contributed by atoms with van der Waals surface area (Å²) in [6.07, 6.45) is 0. The molecule has 0 saturated carbocycles. The fraction of sp³-hybridized carbons (Fsp3) is 1.00. The zero-order chi connectivity index (χ0) is 8.04. The molecule has 0 spiro atoms. The Balaban J connectivity index is 3.28. The van der Waals surface area contributed by atoms with E-state index >= 15 is 0 Å². The topological polar surface area (TPSA) is 33.3 Å². The van der Waals surface area contributed by atoms with Crippen LogP contribution in [0.5, 0.6) is 0 Å². The van der Waals surface area contributed by atoms with Gasteiger partial charge in [0.2, 0.25) is 0 Å². The van der Waals surface area contributed by atoms with Gasteiger partial charge in [-0.05, 0) is 0 Å². The van der Waals surface area contributed by atoms with Crippen LogP contribution in [0.2, 0.25) is 0 Å². The van der Waals surface area contributed by atoms with E-state index in [2.05, 4.69) is 29.5 Å². The summed E-state index contributed by atoms with van der Waals surface area (Å²) in [6, 6.07) is 0. The van der Waals surface area contributed by atoms with Crippen molar-refractivity contribution in [3.8, 4) is 0 Å². The quantitative estimate of drug-likeness (QED) is 0.145. The van der Waals surface area contributed by atoms with Crippen LogP contribution in [0.1, 0.15) is 13.8 Å². The zero-order valence-corrected chi connectivity index (χ0v) is 10.7. The van der Waals surface area contributed by atoms with E-state index in [1.165, 1.54) is 0 Å². The average molecular weight is 371 g/mol. The summed E-state index contributed by atoms with van der Waals surface area (Å²) in [5, 5.41) is 0. The molecular formula is C5H13I2N2O-. The molecule has 0 unspecified atom stereocenters. The Morgan fingerprint density at radius 3 is 2.60 bits per heavy atom. The van der Waals surface area contributed by atoms with E-state index in [9.17, 15) is 0 Å². The van der Waals surface area contributed by atoms with Crippen molar-refractivity contribution >= 4 is 18.6 Å². The predicted octanol–water partition coefficient (Wildman–Crippen LogP) is -2.14. The van der Waals surface area contributed by atoms with E-state index in [4.69, 9.17) is 4.74 Å². The number of rotatable bonds is 5. The molecule has 0 rings (SSSR count). The predicted molar refractivity (Wildman–Crippen MR) is 46.2 cm³/mol. The van der Waals surface area contributed by atoms with E-state index in [-0.39, 0.29) is 23.0 Å². The zero-order valence-electron chi connectivity index (χ0n) is 6.37. The van der Waals surface area contributed by atoms with Crippen molar-refractivity contribution in [2.24, 2.45) is 0 Å². The molecule has 0 saturated heterocycles. The third-order valence-corrected chi connectivity index (χ3v) is 3.62. The third kappa shape index (κ3) is 6.08. The number of ether oxygens (including phenoxy) is 1. The van der Waals surface area contributed by atoms with Crippen molar-refractivity contribution in [3.05, 3.63) is 0 Å². The Hall–Kier alpha value is 1.34. The normalized spacial score (nSPS) is 12.4. The van der Waals surface area contributed by atoms with Crippen LogP contribution in [0.15, 0.2) is 0 Å². The SMILES string of the molecule is COC(C)(C)NNC[I-]I.